The summed E-state index contributed by atoms with van der Waals surface area (Å²) in [6, 6.07) is 9.81. The van der Waals surface area contributed by atoms with Gasteiger partial charge in [-0.1, -0.05) is 6.07 Å². The van der Waals surface area contributed by atoms with E-state index in [4.69, 9.17) is 28.4 Å². The second-order valence-corrected chi connectivity index (χ2v) is 7.35. The molecule has 0 unspecified atom stereocenters. The fourth-order valence-corrected chi connectivity index (χ4v) is 4.00. The highest BCUT2D eigenvalue weighted by Gasteiger charge is 2.48. The third kappa shape index (κ3) is 3.41. The average Bonchev–Trinajstić information content (AvgIpc) is 3.49. The quantitative estimate of drug-likeness (QED) is 0.405. The van der Waals surface area contributed by atoms with Crippen molar-refractivity contribution in [1.29, 1.82) is 0 Å². The van der Waals surface area contributed by atoms with Crippen LogP contribution < -0.4 is 18.9 Å². The molecule has 0 aliphatic carbocycles. The van der Waals surface area contributed by atoms with Crippen molar-refractivity contribution < 1.29 is 42.8 Å². The van der Waals surface area contributed by atoms with Crippen molar-refractivity contribution in [1.82, 2.24) is 0 Å². The molecule has 3 atom stereocenters. The van der Waals surface area contributed by atoms with Crippen LogP contribution in [-0.2, 0) is 19.1 Å². The van der Waals surface area contributed by atoms with Crippen molar-refractivity contribution in [2.75, 3.05) is 20.2 Å². The van der Waals surface area contributed by atoms with Gasteiger partial charge in [0.2, 0.25) is 13.6 Å². The third-order valence-corrected chi connectivity index (χ3v) is 5.45. The van der Waals surface area contributed by atoms with Gasteiger partial charge in [-0.15, -0.1) is 0 Å². The number of esters is 2. The molecular formula is C22H18O9. The number of hydrogen-bond acceptors (Lipinski definition) is 9. The minimum absolute atomic E-state index is 0.0633. The van der Waals surface area contributed by atoms with Crippen LogP contribution in [-0.4, -0.2) is 37.9 Å². The molecule has 2 aromatic carbocycles. The Balaban J connectivity index is 1.49. The molecule has 0 N–H and O–H groups in total. The van der Waals surface area contributed by atoms with Crippen LogP contribution in [0.1, 0.15) is 28.9 Å². The molecule has 31 heavy (non-hydrogen) atoms. The molecule has 1 fully saturated rings. The summed E-state index contributed by atoms with van der Waals surface area (Å²) in [5, 5.41) is 0. The third-order valence-electron chi connectivity index (χ3n) is 5.45. The number of cyclic esters (lactones) is 1. The van der Waals surface area contributed by atoms with E-state index in [-0.39, 0.29) is 25.8 Å². The Morgan fingerprint density at radius 1 is 0.903 bits per heavy atom. The molecule has 0 spiro atoms. The molecule has 0 aromatic heterocycles. The monoisotopic (exact) mass is 426 g/mol. The van der Waals surface area contributed by atoms with Crippen molar-refractivity contribution in [3.63, 3.8) is 0 Å². The summed E-state index contributed by atoms with van der Waals surface area (Å²) in [6.07, 6.45) is -0.888. The zero-order valence-electron chi connectivity index (χ0n) is 16.5. The Kier molecular flexibility index (Phi) is 4.65. The van der Waals surface area contributed by atoms with Crippen molar-refractivity contribution >= 4 is 17.7 Å². The molecule has 3 heterocycles. The number of ether oxygens (including phenoxy) is 6. The first-order valence-electron chi connectivity index (χ1n) is 9.68. The number of benzene rings is 2. The van der Waals surface area contributed by atoms with Gasteiger partial charge in [0.25, 0.3) is 0 Å². The lowest BCUT2D eigenvalue weighted by atomic mass is 9.82. The molecule has 2 aromatic rings. The van der Waals surface area contributed by atoms with Gasteiger partial charge >= 0.3 is 11.9 Å². The minimum atomic E-state index is -1.14. The number of ketones is 1. The summed E-state index contributed by atoms with van der Waals surface area (Å²) in [5.41, 5.74) is 0.858. The van der Waals surface area contributed by atoms with Gasteiger partial charge in [0.05, 0.1) is 12.5 Å². The summed E-state index contributed by atoms with van der Waals surface area (Å²) in [6.45, 7) is 1.37. The lowest BCUT2D eigenvalue weighted by Crippen LogP contribution is -2.31. The van der Waals surface area contributed by atoms with Crippen molar-refractivity contribution in [3.8, 4) is 23.0 Å². The summed E-state index contributed by atoms with van der Waals surface area (Å²) < 4.78 is 32.1. The zero-order chi connectivity index (χ0) is 21.5. The Morgan fingerprint density at radius 3 is 2.26 bits per heavy atom. The molecule has 0 saturated carbocycles. The van der Waals surface area contributed by atoms with Gasteiger partial charge in [-0.2, -0.15) is 0 Å². The number of carbonyl (C=O) groups excluding carboxylic acids is 3. The minimum Gasteiger partial charge on any atom is -0.465 e. The smallest absolute Gasteiger partial charge is 0.317 e. The van der Waals surface area contributed by atoms with Gasteiger partial charge in [-0.25, -0.2) is 0 Å². The van der Waals surface area contributed by atoms with E-state index in [1.165, 1.54) is 13.0 Å². The average molecular weight is 426 g/mol. The highest BCUT2D eigenvalue weighted by Crippen LogP contribution is 2.42. The summed E-state index contributed by atoms with van der Waals surface area (Å²) in [4.78, 5) is 37.7. The predicted octanol–water partition coefficient (Wildman–Crippen LogP) is 2.42. The summed E-state index contributed by atoms with van der Waals surface area (Å²) >= 11 is 0. The van der Waals surface area contributed by atoms with Crippen LogP contribution in [0.3, 0.4) is 0 Å². The highest BCUT2D eigenvalue weighted by atomic mass is 16.7. The largest absolute Gasteiger partial charge is 0.465 e. The summed E-state index contributed by atoms with van der Waals surface area (Å²) in [7, 11) is 0. The molecule has 0 amide bonds. The lowest BCUT2D eigenvalue weighted by molar-refractivity contribution is -0.150. The molecule has 1 saturated heterocycles. The molecule has 160 valence electrons. The summed E-state index contributed by atoms with van der Waals surface area (Å²) in [5.74, 6) is -1.48. The van der Waals surface area contributed by atoms with E-state index in [1.807, 2.05) is 0 Å². The molecule has 3 aliphatic heterocycles. The maximum atomic E-state index is 13.3. The van der Waals surface area contributed by atoms with Crippen LogP contribution in [0.25, 0.3) is 0 Å². The number of carbonyl (C=O) groups is 3. The first-order chi connectivity index (χ1) is 15.0. The predicted molar refractivity (Wildman–Crippen MR) is 102 cm³/mol. The fraction of sp³-hybridized carbons (Fsp3) is 0.318. The maximum absolute atomic E-state index is 13.3. The molecule has 5 rings (SSSR count). The standard InChI is InChI=1S/C22H18O9/c1-11(23)31-21(13-3-5-16-18(7-13)30-10-28-16)14-8-26-22(25)19(14)20(24)12-2-4-15-17(6-12)29-9-27-15/h2-7,14,19,21H,8-10H2,1H3/t14-,19-,21+/m0/s1. The van der Waals surface area contributed by atoms with Gasteiger partial charge in [0, 0.05) is 12.5 Å². The van der Waals surface area contributed by atoms with E-state index >= 15 is 0 Å². The second-order valence-electron chi connectivity index (χ2n) is 7.35. The van der Waals surface area contributed by atoms with Crippen LogP contribution in [0.4, 0.5) is 0 Å². The first-order valence-corrected chi connectivity index (χ1v) is 9.68. The van der Waals surface area contributed by atoms with E-state index in [0.717, 1.165) is 0 Å². The lowest BCUT2D eigenvalue weighted by Gasteiger charge is -2.25. The highest BCUT2D eigenvalue weighted by molar-refractivity contribution is 6.10. The Labute approximate surface area is 176 Å². The Bertz CT molecular complexity index is 1080. The van der Waals surface area contributed by atoms with E-state index in [0.29, 0.717) is 28.6 Å². The van der Waals surface area contributed by atoms with Gasteiger partial charge < -0.3 is 28.4 Å². The van der Waals surface area contributed by atoms with Crippen LogP contribution in [0, 0.1) is 11.8 Å². The number of hydrogen-bond donors (Lipinski definition) is 0. The van der Waals surface area contributed by atoms with Gasteiger partial charge in [0.1, 0.15) is 12.0 Å². The SMILES string of the molecule is CC(=O)O[C@H](c1ccc2c(c1)OCO2)[C@H]1COC(=O)[C@@H]1C(=O)c1ccc2c(c1)OCO2. The van der Waals surface area contributed by atoms with Gasteiger partial charge in [-0.3, -0.25) is 14.4 Å². The molecule has 0 radical (unpaired) electrons. The van der Waals surface area contributed by atoms with Crippen LogP contribution in [0.15, 0.2) is 36.4 Å². The molecule has 0 bridgehead atoms. The zero-order valence-corrected chi connectivity index (χ0v) is 16.5. The van der Waals surface area contributed by atoms with Crippen molar-refractivity contribution in [3.05, 3.63) is 47.5 Å². The van der Waals surface area contributed by atoms with E-state index in [9.17, 15) is 14.4 Å². The normalized spacial score (nSPS) is 21.5. The fourth-order valence-electron chi connectivity index (χ4n) is 4.00. The second kappa shape index (κ2) is 7.50. The van der Waals surface area contributed by atoms with Crippen LogP contribution in [0.5, 0.6) is 23.0 Å². The van der Waals surface area contributed by atoms with Crippen molar-refractivity contribution in [2.45, 2.75) is 13.0 Å². The van der Waals surface area contributed by atoms with E-state index in [2.05, 4.69) is 0 Å². The van der Waals surface area contributed by atoms with E-state index < -0.39 is 35.7 Å². The molecule has 9 nitrogen and oxygen atoms in total. The van der Waals surface area contributed by atoms with Gasteiger partial charge in [0.15, 0.2) is 28.8 Å². The number of rotatable bonds is 5. The molecule has 3 aliphatic rings. The van der Waals surface area contributed by atoms with Crippen LogP contribution in [0.2, 0.25) is 0 Å². The Hall–Kier alpha value is -3.75. The van der Waals surface area contributed by atoms with E-state index in [1.54, 1.807) is 30.3 Å². The number of Topliss-reactive ketones (excluding diaryl/α,β-unsaturated/α-hetero) is 1. The van der Waals surface area contributed by atoms with Crippen molar-refractivity contribution in [2.24, 2.45) is 11.8 Å². The number of fused-ring (bicyclic) bond motifs is 2. The Morgan fingerprint density at radius 2 is 1.55 bits per heavy atom. The van der Waals surface area contributed by atoms with Crippen LogP contribution >= 0.6 is 0 Å². The van der Waals surface area contributed by atoms with Gasteiger partial charge in [-0.05, 0) is 35.9 Å². The molecular weight excluding hydrogens is 408 g/mol. The first kappa shape index (κ1) is 19.2. The maximum Gasteiger partial charge on any atom is 0.317 e. The molecule has 9 heteroatoms. The topological polar surface area (TPSA) is 107 Å².